The number of aromatic hydroxyl groups is 2. The van der Waals surface area contributed by atoms with Gasteiger partial charge in [-0.2, -0.15) is 0 Å². The van der Waals surface area contributed by atoms with Gasteiger partial charge >= 0.3 is 0 Å². The van der Waals surface area contributed by atoms with E-state index in [1.54, 1.807) is 0 Å². The van der Waals surface area contributed by atoms with Crippen molar-refractivity contribution in [1.29, 1.82) is 0 Å². The molecule has 1 aromatic heterocycles. The molecule has 2 N–H and O–H groups in total. The van der Waals surface area contributed by atoms with E-state index in [1.165, 1.54) is 99.3 Å². The Labute approximate surface area is 360 Å². The number of pyridine rings is 1. The van der Waals surface area contributed by atoms with Crippen molar-refractivity contribution in [3.8, 4) is 56.3 Å². The molecule has 5 aromatic rings. The van der Waals surface area contributed by atoms with Crippen molar-refractivity contribution in [2.75, 3.05) is 0 Å². The summed E-state index contributed by atoms with van der Waals surface area (Å²) in [7, 11) is 0. The molecule has 4 heteroatoms. The number of aryl methyl sites for hydroxylation is 2. The van der Waals surface area contributed by atoms with Crippen LogP contribution in [0.5, 0.6) is 11.5 Å². The summed E-state index contributed by atoms with van der Waals surface area (Å²) in [6.45, 7) is 4.39. The number of hydrogen-bond donors (Lipinski definition) is 2. The summed E-state index contributed by atoms with van der Waals surface area (Å²) in [4.78, 5) is 5.38. The van der Waals surface area contributed by atoms with Crippen LogP contribution in [0.2, 0.25) is 0 Å². The average Bonchev–Trinajstić information content (AvgIpc) is 3.15. The van der Waals surface area contributed by atoms with Crippen LogP contribution < -0.4 is 0 Å². The molecule has 8 aliphatic carbocycles. The van der Waals surface area contributed by atoms with Gasteiger partial charge in [0.15, 0.2) is 0 Å². The monoisotopic (exact) mass is 921 g/mol. The molecule has 13 rings (SSSR count). The molecular weight excluding hydrogens is 861 g/mol. The molecule has 0 saturated heterocycles. The van der Waals surface area contributed by atoms with Crippen LogP contribution in [0.25, 0.3) is 44.8 Å². The summed E-state index contributed by atoms with van der Waals surface area (Å²) in [5, 5.41) is 24.6. The predicted molar refractivity (Wildman–Crippen MR) is 231 cm³/mol. The first-order chi connectivity index (χ1) is 26.2. The van der Waals surface area contributed by atoms with Gasteiger partial charge in [0, 0.05) is 59.2 Å². The van der Waals surface area contributed by atoms with Crippen LogP contribution in [0, 0.1) is 64.2 Å². The van der Waals surface area contributed by atoms with E-state index in [0.717, 1.165) is 80.3 Å². The average molecular weight is 921 g/mol. The minimum absolute atomic E-state index is 0. The van der Waals surface area contributed by atoms with Crippen molar-refractivity contribution in [3.05, 3.63) is 128 Å². The first-order valence-corrected chi connectivity index (χ1v) is 21.1. The third-order valence-electron chi connectivity index (χ3n) is 15.5. The van der Waals surface area contributed by atoms with Gasteiger partial charge in [-0.3, -0.25) is 0 Å². The van der Waals surface area contributed by atoms with Crippen LogP contribution in [0.4, 0.5) is 0 Å². The van der Waals surface area contributed by atoms with E-state index >= 15 is 0 Å². The van der Waals surface area contributed by atoms with Crippen molar-refractivity contribution in [1.82, 2.24) is 4.98 Å². The SMILES string of the molecule is Cc1cc(-c2ccccc2-c2cccc(-c3ccccc3-c3cc(C)cc(C45CC6CC(CC(C6)C4)C5)c3O)n2)c(O)c(C23CC4CC(CC(C4)C2)C3)c1.[CH3-].[CH3-].[Hf]. The van der Waals surface area contributed by atoms with Gasteiger partial charge in [0.25, 0.3) is 0 Å². The van der Waals surface area contributed by atoms with Gasteiger partial charge in [-0.1, -0.05) is 66.7 Å². The number of nitrogens with zero attached hydrogens (tertiary/aromatic N) is 1. The Hall–Kier alpha value is -3.50. The second-order valence-electron chi connectivity index (χ2n) is 19.3. The molecule has 3 nitrogen and oxygen atoms in total. The molecule has 8 aliphatic rings. The quantitative estimate of drug-likeness (QED) is 0.132. The first-order valence-electron chi connectivity index (χ1n) is 21.1. The fourth-order valence-corrected chi connectivity index (χ4v) is 14.3. The van der Waals surface area contributed by atoms with Crippen molar-refractivity contribution >= 4 is 0 Å². The molecule has 294 valence electrons. The van der Waals surface area contributed by atoms with Crippen molar-refractivity contribution in [2.45, 2.75) is 102 Å². The zero-order valence-corrected chi connectivity index (χ0v) is 38.0. The first kappa shape index (κ1) is 40.3. The maximum atomic E-state index is 12.3. The third-order valence-corrected chi connectivity index (χ3v) is 15.5. The van der Waals surface area contributed by atoms with Gasteiger partial charge in [0.05, 0.1) is 11.4 Å². The molecule has 0 aliphatic heterocycles. The van der Waals surface area contributed by atoms with Crippen LogP contribution in [-0.4, -0.2) is 15.2 Å². The Morgan fingerprint density at radius 1 is 0.439 bits per heavy atom. The van der Waals surface area contributed by atoms with Gasteiger partial charge < -0.3 is 25.1 Å². The van der Waals surface area contributed by atoms with E-state index < -0.39 is 0 Å². The molecule has 0 amide bonds. The van der Waals surface area contributed by atoms with E-state index in [9.17, 15) is 10.2 Å². The Kier molecular flexibility index (Phi) is 10.6. The number of phenols is 2. The van der Waals surface area contributed by atoms with Crippen molar-refractivity contribution in [2.24, 2.45) is 35.5 Å². The van der Waals surface area contributed by atoms with Crippen LogP contribution >= 0.6 is 0 Å². The van der Waals surface area contributed by atoms with E-state index in [2.05, 4.69) is 105 Å². The van der Waals surface area contributed by atoms with Crippen LogP contribution in [-0.2, 0) is 36.7 Å². The summed E-state index contributed by atoms with van der Waals surface area (Å²) in [5.41, 5.74) is 12.7. The molecule has 4 aromatic carbocycles. The maximum absolute atomic E-state index is 12.3. The molecule has 0 atom stereocenters. The summed E-state index contributed by atoms with van der Waals surface area (Å²) >= 11 is 0. The van der Waals surface area contributed by atoms with E-state index in [4.69, 9.17) is 4.98 Å². The number of benzene rings is 4. The molecule has 0 spiro atoms. The normalized spacial score (nSPS) is 30.0. The second kappa shape index (κ2) is 15.0. The Morgan fingerprint density at radius 3 is 1.09 bits per heavy atom. The fraction of sp³-hybridized carbons (Fsp3) is 0.415. The molecule has 1 heterocycles. The van der Waals surface area contributed by atoms with E-state index in [1.807, 2.05) is 0 Å². The summed E-state index contributed by atoms with van der Waals surface area (Å²) < 4.78 is 0. The van der Waals surface area contributed by atoms with Gasteiger partial charge in [-0.15, -0.1) is 0 Å². The zero-order chi connectivity index (χ0) is 36.3. The third kappa shape index (κ3) is 6.59. The zero-order valence-electron chi connectivity index (χ0n) is 34.5. The second-order valence-corrected chi connectivity index (χ2v) is 19.3. The topological polar surface area (TPSA) is 53.4 Å². The van der Waals surface area contributed by atoms with E-state index in [0.29, 0.717) is 11.5 Å². The van der Waals surface area contributed by atoms with Gasteiger partial charge in [-0.05, 0) is 184 Å². The van der Waals surface area contributed by atoms with Crippen LogP contribution in [0.3, 0.4) is 0 Å². The molecule has 8 fully saturated rings. The number of aromatic nitrogens is 1. The molecular formula is C53H59HfNO2-2. The summed E-state index contributed by atoms with van der Waals surface area (Å²) in [5.74, 6) is 5.82. The largest absolute Gasteiger partial charge is 0.507 e. The number of phenolic OH excluding ortho intramolecular Hbond substituents is 2. The van der Waals surface area contributed by atoms with Crippen molar-refractivity contribution < 1.29 is 36.1 Å². The van der Waals surface area contributed by atoms with Gasteiger partial charge in [0.1, 0.15) is 11.5 Å². The van der Waals surface area contributed by atoms with Crippen LogP contribution in [0.1, 0.15) is 99.3 Å². The Bertz CT molecular complexity index is 2090. The van der Waals surface area contributed by atoms with E-state index in [-0.39, 0.29) is 51.5 Å². The smallest absolute Gasteiger partial charge is 0.127 e. The fourth-order valence-electron chi connectivity index (χ4n) is 14.3. The predicted octanol–water partition coefficient (Wildman–Crippen LogP) is 13.6. The molecule has 57 heavy (non-hydrogen) atoms. The maximum Gasteiger partial charge on any atom is 0.127 e. The Balaban J connectivity index is 0.00000152. The molecule has 8 saturated carbocycles. The number of rotatable bonds is 6. The van der Waals surface area contributed by atoms with Crippen LogP contribution in [0.15, 0.2) is 91.0 Å². The Morgan fingerprint density at radius 2 is 0.754 bits per heavy atom. The van der Waals surface area contributed by atoms with Crippen molar-refractivity contribution in [3.63, 3.8) is 0 Å². The molecule has 8 bridgehead atoms. The molecule has 0 radical (unpaired) electrons. The standard InChI is InChI=1S/C51H53NO2.2CH3.Hf/c1-30-14-42(48(53)44(16-30)50-24-32-18-33(25-50)20-34(19-32)26-50)38-8-3-5-10-40(38)46-12-7-13-47(52-46)41-11-6-4-9-39(41)43-15-31(2)17-45(49(43)54)51-27-35-21-36(28-51)23-37(22-35)29-51;;;/h3-17,32-37,53-54H,18-29H2,1-2H3;2*1H3;/q;2*-1;. The minimum Gasteiger partial charge on any atom is -0.507 e. The van der Waals surface area contributed by atoms with Gasteiger partial charge in [-0.25, -0.2) is 4.98 Å². The summed E-state index contributed by atoms with van der Waals surface area (Å²) in [6.07, 6.45) is 15.7. The van der Waals surface area contributed by atoms with Gasteiger partial charge in [0.2, 0.25) is 0 Å². The number of hydrogen-bond acceptors (Lipinski definition) is 3. The minimum atomic E-state index is 0. The summed E-state index contributed by atoms with van der Waals surface area (Å²) in [6, 6.07) is 32.3. The molecule has 0 unspecified atom stereocenters.